The summed E-state index contributed by atoms with van der Waals surface area (Å²) in [6.45, 7) is 2.09. The summed E-state index contributed by atoms with van der Waals surface area (Å²) < 4.78 is 5.73. The topological polar surface area (TPSA) is 105 Å². The molecule has 7 heteroatoms. The molecule has 3 aliphatic carbocycles. The average molecular weight is 477 g/mol. The number of hydrogen-bond donors (Lipinski definition) is 3. The first-order valence-corrected chi connectivity index (χ1v) is 12.6. The smallest absolute Gasteiger partial charge is 0.407 e. The van der Waals surface area contributed by atoms with Crippen molar-refractivity contribution in [2.24, 2.45) is 17.8 Å². The molecule has 35 heavy (non-hydrogen) atoms. The molecule has 184 valence electrons. The Hall–Kier alpha value is -3.35. The fraction of sp³-hybridized carbons (Fsp3) is 0.464. The van der Waals surface area contributed by atoms with Crippen LogP contribution in [0.2, 0.25) is 0 Å². The summed E-state index contributed by atoms with van der Waals surface area (Å²) in [6, 6.07) is 15.7. The van der Waals surface area contributed by atoms with Crippen molar-refractivity contribution in [2.75, 3.05) is 6.61 Å². The number of rotatable bonds is 8. The Morgan fingerprint density at radius 3 is 2.26 bits per heavy atom. The van der Waals surface area contributed by atoms with Crippen LogP contribution >= 0.6 is 0 Å². The SMILES string of the molecule is CCC(CC(=O)O)NC(=O)C1C2CCC(C2)C1NC(=O)OCC1c2ccccc2-c2ccccc21. The molecule has 5 unspecified atom stereocenters. The van der Waals surface area contributed by atoms with Gasteiger partial charge < -0.3 is 20.5 Å². The zero-order valence-corrected chi connectivity index (χ0v) is 19.9. The number of amides is 2. The van der Waals surface area contributed by atoms with E-state index < -0.39 is 18.1 Å². The molecule has 2 amide bonds. The third kappa shape index (κ3) is 4.51. The fourth-order valence-electron chi connectivity index (χ4n) is 6.46. The zero-order valence-electron chi connectivity index (χ0n) is 19.9. The number of carboxylic acids is 1. The molecule has 3 aliphatic rings. The minimum atomic E-state index is -0.932. The van der Waals surface area contributed by atoms with E-state index in [-0.39, 0.29) is 48.6 Å². The minimum Gasteiger partial charge on any atom is -0.481 e. The van der Waals surface area contributed by atoms with Crippen LogP contribution < -0.4 is 10.6 Å². The number of fused-ring (bicyclic) bond motifs is 5. The molecule has 0 aliphatic heterocycles. The van der Waals surface area contributed by atoms with Gasteiger partial charge in [0.1, 0.15) is 6.61 Å². The largest absolute Gasteiger partial charge is 0.481 e. The summed E-state index contributed by atoms with van der Waals surface area (Å²) >= 11 is 0. The third-order valence-electron chi connectivity index (χ3n) is 8.11. The van der Waals surface area contributed by atoms with Crippen LogP contribution in [-0.4, -0.2) is 41.8 Å². The molecule has 0 spiro atoms. The summed E-state index contributed by atoms with van der Waals surface area (Å²) in [5.41, 5.74) is 4.66. The van der Waals surface area contributed by atoms with Crippen molar-refractivity contribution in [3.05, 3.63) is 59.7 Å². The molecular weight excluding hydrogens is 444 g/mol. The molecule has 7 nitrogen and oxygen atoms in total. The number of nitrogens with one attached hydrogen (secondary N) is 2. The van der Waals surface area contributed by atoms with Crippen molar-refractivity contribution in [1.82, 2.24) is 10.6 Å². The lowest BCUT2D eigenvalue weighted by molar-refractivity contribution is -0.138. The van der Waals surface area contributed by atoms with Gasteiger partial charge in [-0.25, -0.2) is 4.79 Å². The normalized spacial score (nSPS) is 24.9. The summed E-state index contributed by atoms with van der Waals surface area (Å²) in [7, 11) is 0. The molecule has 2 aromatic rings. The van der Waals surface area contributed by atoms with E-state index in [1.54, 1.807) is 0 Å². The summed E-state index contributed by atoms with van der Waals surface area (Å²) in [4.78, 5) is 37.1. The Bertz CT molecular complexity index is 1090. The molecule has 5 atom stereocenters. The number of alkyl carbamates (subject to hydrolysis) is 1. The van der Waals surface area contributed by atoms with Gasteiger partial charge in [-0.1, -0.05) is 55.5 Å². The Morgan fingerprint density at radius 1 is 1.00 bits per heavy atom. The van der Waals surface area contributed by atoms with Crippen molar-refractivity contribution in [1.29, 1.82) is 0 Å². The first-order valence-electron chi connectivity index (χ1n) is 12.6. The molecule has 2 fully saturated rings. The number of hydrogen-bond acceptors (Lipinski definition) is 4. The predicted molar refractivity (Wildman–Crippen MR) is 131 cm³/mol. The molecule has 0 aromatic heterocycles. The van der Waals surface area contributed by atoms with E-state index in [2.05, 4.69) is 34.9 Å². The van der Waals surface area contributed by atoms with E-state index in [1.165, 1.54) is 11.1 Å². The van der Waals surface area contributed by atoms with Gasteiger partial charge in [-0.2, -0.15) is 0 Å². The maximum Gasteiger partial charge on any atom is 0.407 e. The maximum absolute atomic E-state index is 13.1. The van der Waals surface area contributed by atoms with Gasteiger partial charge in [0.15, 0.2) is 0 Å². The highest BCUT2D eigenvalue weighted by atomic mass is 16.5. The standard InChI is InChI=1S/C28H32N2O5/c1-2-18(14-24(31)32)29-27(33)25-16-11-12-17(13-16)26(25)30-28(34)35-15-23-21-9-5-3-7-19(21)20-8-4-6-10-22(20)23/h3-10,16-18,23,25-26H,2,11-15H2,1H3,(H,29,33)(H,30,34)(H,31,32). The molecule has 2 bridgehead atoms. The molecule has 0 radical (unpaired) electrons. The number of carboxylic acid groups (broad SMARTS) is 1. The molecule has 3 N–H and O–H groups in total. The van der Waals surface area contributed by atoms with Crippen LogP contribution in [0, 0.1) is 17.8 Å². The van der Waals surface area contributed by atoms with Gasteiger partial charge in [0.2, 0.25) is 5.91 Å². The van der Waals surface area contributed by atoms with E-state index in [0.717, 1.165) is 30.4 Å². The van der Waals surface area contributed by atoms with Crippen LogP contribution in [-0.2, 0) is 14.3 Å². The van der Waals surface area contributed by atoms with Crippen molar-refractivity contribution < 1.29 is 24.2 Å². The van der Waals surface area contributed by atoms with Gasteiger partial charge in [-0.15, -0.1) is 0 Å². The van der Waals surface area contributed by atoms with E-state index in [0.29, 0.717) is 6.42 Å². The monoisotopic (exact) mass is 476 g/mol. The lowest BCUT2D eigenvalue weighted by atomic mass is 9.83. The highest BCUT2D eigenvalue weighted by molar-refractivity contribution is 5.83. The van der Waals surface area contributed by atoms with Crippen molar-refractivity contribution in [2.45, 2.75) is 57.0 Å². The van der Waals surface area contributed by atoms with Crippen LogP contribution in [0.5, 0.6) is 0 Å². The van der Waals surface area contributed by atoms with Crippen LogP contribution in [0.25, 0.3) is 11.1 Å². The van der Waals surface area contributed by atoms with Gasteiger partial charge in [0.05, 0.1) is 12.3 Å². The molecule has 2 saturated carbocycles. The van der Waals surface area contributed by atoms with Crippen LogP contribution in [0.1, 0.15) is 56.1 Å². The quantitative estimate of drug-likeness (QED) is 0.527. The van der Waals surface area contributed by atoms with Gasteiger partial charge in [0, 0.05) is 18.0 Å². The molecule has 2 aromatic carbocycles. The molecule has 5 rings (SSSR count). The summed E-state index contributed by atoms with van der Waals surface area (Å²) in [5, 5.41) is 15.0. The van der Waals surface area contributed by atoms with E-state index in [4.69, 9.17) is 9.84 Å². The number of carbonyl (C=O) groups excluding carboxylic acids is 2. The number of benzene rings is 2. The van der Waals surface area contributed by atoms with E-state index >= 15 is 0 Å². The van der Waals surface area contributed by atoms with Crippen LogP contribution in [0.15, 0.2) is 48.5 Å². The first-order chi connectivity index (χ1) is 17.0. The summed E-state index contributed by atoms with van der Waals surface area (Å²) in [6.07, 6.45) is 2.79. The summed E-state index contributed by atoms with van der Waals surface area (Å²) in [5.74, 6) is -1.00. The van der Waals surface area contributed by atoms with Gasteiger partial charge >= 0.3 is 12.1 Å². The van der Waals surface area contributed by atoms with Gasteiger partial charge in [-0.05, 0) is 59.8 Å². The van der Waals surface area contributed by atoms with Crippen molar-refractivity contribution >= 4 is 18.0 Å². The highest BCUT2D eigenvalue weighted by Gasteiger charge is 2.51. The molecule has 0 saturated heterocycles. The maximum atomic E-state index is 13.1. The van der Waals surface area contributed by atoms with Crippen molar-refractivity contribution in [3.63, 3.8) is 0 Å². The molecule has 0 heterocycles. The predicted octanol–water partition coefficient (Wildman–Crippen LogP) is 4.31. The van der Waals surface area contributed by atoms with Crippen LogP contribution in [0.4, 0.5) is 4.79 Å². The Kier molecular flexibility index (Phi) is 6.50. The third-order valence-corrected chi connectivity index (χ3v) is 8.11. The minimum absolute atomic E-state index is 0.0198. The second-order valence-corrected chi connectivity index (χ2v) is 10.1. The average Bonchev–Trinajstić information content (AvgIpc) is 3.54. The molecular formula is C28H32N2O5. The number of ether oxygens (including phenoxy) is 1. The van der Waals surface area contributed by atoms with E-state index in [1.807, 2.05) is 31.2 Å². The highest BCUT2D eigenvalue weighted by Crippen LogP contribution is 2.49. The lowest BCUT2D eigenvalue weighted by Crippen LogP contribution is -2.51. The van der Waals surface area contributed by atoms with Gasteiger partial charge in [-0.3, -0.25) is 9.59 Å². The second kappa shape index (κ2) is 9.72. The van der Waals surface area contributed by atoms with Gasteiger partial charge in [0.25, 0.3) is 0 Å². The van der Waals surface area contributed by atoms with Crippen molar-refractivity contribution in [3.8, 4) is 11.1 Å². The Labute approximate surface area is 205 Å². The Morgan fingerprint density at radius 2 is 1.63 bits per heavy atom. The fourth-order valence-corrected chi connectivity index (χ4v) is 6.46. The Balaban J connectivity index is 1.24. The number of carbonyl (C=O) groups is 3. The van der Waals surface area contributed by atoms with Crippen LogP contribution in [0.3, 0.4) is 0 Å². The zero-order chi connectivity index (χ0) is 24.5. The number of aliphatic carboxylic acids is 1. The first kappa shape index (κ1) is 23.4. The lowest BCUT2D eigenvalue weighted by Gasteiger charge is -2.31. The second-order valence-electron chi connectivity index (χ2n) is 10.1. The van der Waals surface area contributed by atoms with E-state index in [9.17, 15) is 14.4 Å².